The summed E-state index contributed by atoms with van der Waals surface area (Å²) in [5, 5.41) is 13.0. The molecular formula is C22H24N8O3. The molecule has 2 aromatic heterocycles. The van der Waals surface area contributed by atoms with Gasteiger partial charge in [0.05, 0.1) is 18.4 Å². The van der Waals surface area contributed by atoms with Crippen molar-refractivity contribution < 1.29 is 14.1 Å². The van der Waals surface area contributed by atoms with Crippen molar-refractivity contribution in [1.82, 2.24) is 30.3 Å². The van der Waals surface area contributed by atoms with Crippen LogP contribution in [0.1, 0.15) is 16.2 Å². The molecule has 3 aromatic rings. The third-order valence-electron chi connectivity index (χ3n) is 4.87. The molecule has 4 rings (SSSR count). The summed E-state index contributed by atoms with van der Waals surface area (Å²) < 4.78 is 10.7. The number of anilines is 3. The first-order valence-corrected chi connectivity index (χ1v) is 10.2. The van der Waals surface area contributed by atoms with Gasteiger partial charge in [-0.05, 0) is 24.3 Å². The van der Waals surface area contributed by atoms with Gasteiger partial charge in [-0.25, -0.2) is 4.98 Å². The topological polar surface area (TPSA) is 130 Å². The van der Waals surface area contributed by atoms with E-state index in [0.29, 0.717) is 40.5 Å². The van der Waals surface area contributed by atoms with Crippen molar-refractivity contribution in [3.05, 3.63) is 59.9 Å². The Hall–Kier alpha value is -4.41. The number of aryl methyl sites for hydroxylation is 1. The van der Waals surface area contributed by atoms with Crippen LogP contribution in [-0.2, 0) is 0 Å². The van der Waals surface area contributed by atoms with Gasteiger partial charge in [0.1, 0.15) is 11.4 Å². The molecule has 0 saturated heterocycles. The Kier molecular flexibility index (Phi) is 6.20. The van der Waals surface area contributed by atoms with E-state index < -0.39 is 0 Å². The number of amides is 1. The molecule has 1 amide bonds. The van der Waals surface area contributed by atoms with Crippen LogP contribution in [0.15, 0.2) is 53.0 Å². The number of nitrogens with zero attached hydrogens (tertiary/aromatic N) is 5. The second-order valence-electron chi connectivity index (χ2n) is 7.22. The second kappa shape index (κ2) is 9.39. The van der Waals surface area contributed by atoms with Gasteiger partial charge < -0.3 is 30.1 Å². The summed E-state index contributed by atoms with van der Waals surface area (Å²) in [4.78, 5) is 27.6. The van der Waals surface area contributed by atoms with Crippen molar-refractivity contribution >= 4 is 23.4 Å². The number of para-hydroxylation sites is 1. The van der Waals surface area contributed by atoms with Crippen LogP contribution in [-0.4, -0.2) is 58.7 Å². The molecule has 0 fully saturated rings. The Labute approximate surface area is 190 Å². The van der Waals surface area contributed by atoms with Gasteiger partial charge in [-0.3, -0.25) is 4.79 Å². The first-order chi connectivity index (χ1) is 16.0. The van der Waals surface area contributed by atoms with Gasteiger partial charge in [0.15, 0.2) is 5.75 Å². The van der Waals surface area contributed by atoms with Crippen LogP contribution in [0.2, 0.25) is 0 Å². The van der Waals surface area contributed by atoms with E-state index in [1.54, 1.807) is 27.1 Å². The molecule has 0 unspecified atom stereocenters. The SMILES string of the molecule is CNC(=O)c1cnc(NC2=CCN(C)C=C2)nc1Nc1cccc(-c2noc(C)n2)c1OC. The molecular weight excluding hydrogens is 424 g/mol. The van der Waals surface area contributed by atoms with Crippen LogP contribution < -0.4 is 20.7 Å². The molecule has 3 N–H and O–H groups in total. The highest BCUT2D eigenvalue weighted by Gasteiger charge is 2.19. The lowest BCUT2D eigenvalue weighted by atomic mass is 10.1. The smallest absolute Gasteiger partial charge is 0.256 e. The predicted molar refractivity (Wildman–Crippen MR) is 123 cm³/mol. The van der Waals surface area contributed by atoms with Crippen molar-refractivity contribution in [2.24, 2.45) is 0 Å². The summed E-state index contributed by atoms with van der Waals surface area (Å²) in [5.41, 5.74) is 2.35. The number of nitrogens with one attached hydrogen (secondary N) is 3. The van der Waals surface area contributed by atoms with E-state index in [0.717, 1.165) is 12.2 Å². The maximum Gasteiger partial charge on any atom is 0.256 e. The maximum atomic E-state index is 12.5. The molecule has 170 valence electrons. The highest BCUT2D eigenvalue weighted by Crippen LogP contribution is 2.37. The Bertz CT molecular complexity index is 1230. The minimum atomic E-state index is -0.327. The van der Waals surface area contributed by atoms with Gasteiger partial charge in [0.25, 0.3) is 5.91 Å². The molecule has 0 bridgehead atoms. The van der Waals surface area contributed by atoms with Crippen LogP contribution in [0, 0.1) is 6.92 Å². The average Bonchev–Trinajstić information content (AvgIpc) is 3.26. The van der Waals surface area contributed by atoms with E-state index in [1.807, 2.05) is 42.4 Å². The molecule has 11 heteroatoms. The highest BCUT2D eigenvalue weighted by atomic mass is 16.5. The zero-order valence-electron chi connectivity index (χ0n) is 18.7. The van der Waals surface area contributed by atoms with Crippen LogP contribution in [0.25, 0.3) is 11.4 Å². The highest BCUT2D eigenvalue weighted by molar-refractivity contribution is 5.99. The van der Waals surface area contributed by atoms with Crippen LogP contribution in [0.5, 0.6) is 5.75 Å². The molecule has 3 heterocycles. The number of ether oxygens (including phenoxy) is 1. The normalized spacial score (nSPS) is 12.8. The van der Waals surface area contributed by atoms with Gasteiger partial charge in [0.2, 0.25) is 17.7 Å². The average molecular weight is 448 g/mol. The molecule has 1 aromatic carbocycles. The minimum Gasteiger partial charge on any atom is -0.494 e. The minimum absolute atomic E-state index is 0.277. The Balaban J connectivity index is 1.70. The molecule has 0 aliphatic carbocycles. The summed E-state index contributed by atoms with van der Waals surface area (Å²) in [6.45, 7) is 2.48. The lowest BCUT2D eigenvalue weighted by molar-refractivity contribution is 0.0963. The largest absolute Gasteiger partial charge is 0.494 e. The van der Waals surface area contributed by atoms with Crippen LogP contribution in [0.3, 0.4) is 0 Å². The zero-order valence-corrected chi connectivity index (χ0v) is 18.7. The summed E-state index contributed by atoms with van der Waals surface area (Å²) in [5.74, 6) is 1.64. The Morgan fingerprint density at radius 2 is 2.09 bits per heavy atom. The summed E-state index contributed by atoms with van der Waals surface area (Å²) in [6, 6.07) is 5.44. The van der Waals surface area contributed by atoms with Crippen molar-refractivity contribution in [1.29, 1.82) is 0 Å². The number of allylic oxidation sites excluding steroid dienone is 1. The fourth-order valence-corrected chi connectivity index (χ4v) is 3.21. The molecule has 11 nitrogen and oxygen atoms in total. The fourth-order valence-electron chi connectivity index (χ4n) is 3.21. The molecule has 0 radical (unpaired) electrons. The lowest BCUT2D eigenvalue weighted by Gasteiger charge is -2.18. The van der Waals surface area contributed by atoms with Gasteiger partial charge in [-0.2, -0.15) is 9.97 Å². The number of aromatic nitrogens is 4. The Morgan fingerprint density at radius 1 is 1.24 bits per heavy atom. The first kappa shape index (κ1) is 21.8. The van der Waals surface area contributed by atoms with Gasteiger partial charge in [-0.1, -0.05) is 11.2 Å². The van der Waals surface area contributed by atoms with Crippen molar-refractivity contribution in [2.45, 2.75) is 6.92 Å². The number of hydrogen-bond donors (Lipinski definition) is 3. The monoisotopic (exact) mass is 448 g/mol. The molecule has 0 atom stereocenters. The van der Waals surface area contributed by atoms with Gasteiger partial charge in [-0.15, -0.1) is 0 Å². The third-order valence-corrected chi connectivity index (χ3v) is 4.87. The molecule has 33 heavy (non-hydrogen) atoms. The number of hydrogen-bond acceptors (Lipinski definition) is 10. The van der Waals surface area contributed by atoms with Crippen molar-refractivity contribution in [3.8, 4) is 17.1 Å². The lowest BCUT2D eigenvalue weighted by Crippen LogP contribution is -2.21. The van der Waals surface area contributed by atoms with E-state index in [1.165, 1.54) is 6.20 Å². The number of likely N-dealkylation sites (N-methyl/N-ethyl adjacent to an activating group) is 1. The van der Waals surface area contributed by atoms with E-state index in [9.17, 15) is 4.79 Å². The number of carbonyl (C=O) groups excluding carboxylic acids is 1. The first-order valence-electron chi connectivity index (χ1n) is 10.2. The van der Waals surface area contributed by atoms with E-state index in [4.69, 9.17) is 9.26 Å². The molecule has 1 aliphatic heterocycles. The predicted octanol–water partition coefficient (Wildman–Crippen LogP) is 2.70. The van der Waals surface area contributed by atoms with Crippen LogP contribution >= 0.6 is 0 Å². The Morgan fingerprint density at radius 3 is 2.76 bits per heavy atom. The van der Waals surface area contributed by atoms with E-state index >= 15 is 0 Å². The van der Waals surface area contributed by atoms with E-state index in [-0.39, 0.29) is 11.5 Å². The third kappa shape index (κ3) is 4.76. The summed E-state index contributed by atoms with van der Waals surface area (Å²) >= 11 is 0. The quantitative estimate of drug-likeness (QED) is 0.496. The molecule has 0 spiro atoms. The van der Waals surface area contributed by atoms with Crippen molar-refractivity contribution in [2.75, 3.05) is 38.4 Å². The molecule has 1 aliphatic rings. The number of methoxy groups -OCH3 is 1. The van der Waals surface area contributed by atoms with Gasteiger partial charge in [0, 0.05) is 45.7 Å². The van der Waals surface area contributed by atoms with E-state index in [2.05, 4.69) is 36.1 Å². The fraction of sp³-hybridized carbons (Fsp3) is 0.227. The standard InChI is InChI=1S/C22H24N8O3/c1-13-25-20(29-33-13)15-6-5-7-17(18(15)32-4)27-19-16(21(31)23-2)12-24-22(28-19)26-14-8-10-30(3)11-9-14/h5-10,12H,11H2,1-4H3,(H,23,31)(H2,24,26,27,28). The van der Waals surface area contributed by atoms with Crippen molar-refractivity contribution in [3.63, 3.8) is 0 Å². The van der Waals surface area contributed by atoms with Crippen LogP contribution in [0.4, 0.5) is 17.5 Å². The zero-order chi connectivity index (χ0) is 23.4. The number of rotatable bonds is 7. The number of carbonyl (C=O) groups is 1. The number of benzene rings is 1. The summed E-state index contributed by atoms with van der Waals surface area (Å²) in [6.07, 6.45) is 7.36. The molecule has 0 saturated carbocycles. The second-order valence-corrected chi connectivity index (χ2v) is 7.22. The summed E-state index contributed by atoms with van der Waals surface area (Å²) in [7, 11) is 5.08. The maximum absolute atomic E-state index is 12.5. The van der Waals surface area contributed by atoms with Gasteiger partial charge >= 0.3 is 0 Å².